The van der Waals surface area contributed by atoms with E-state index in [1.54, 1.807) is 13.0 Å². The SMILES string of the molecule is CSc1ncc(C(=O)NC(C)C(C)=O)cc1C. The molecule has 92 valence electrons. The van der Waals surface area contributed by atoms with E-state index in [0.29, 0.717) is 5.56 Å². The van der Waals surface area contributed by atoms with Gasteiger partial charge >= 0.3 is 0 Å². The molecule has 0 radical (unpaired) electrons. The van der Waals surface area contributed by atoms with E-state index < -0.39 is 6.04 Å². The molecule has 1 rings (SSSR count). The van der Waals surface area contributed by atoms with Gasteiger partial charge in [0, 0.05) is 6.20 Å². The van der Waals surface area contributed by atoms with E-state index in [1.165, 1.54) is 24.9 Å². The minimum absolute atomic E-state index is 0.0660. The van der Waals surface area contributed by atoms with Gasteiger partial charge in [0.2, 0.25) is 0 Å². The molecule has 0 spiro atoms. The normalized spacial score (nSPS) is 12.0. The predicted octanol–water partition coefficient (Wildman–Crippen LogP) is 1.82. The van der Waals surface area contributed by atoms with E-state index in [2.05, 4.69) is 10.3 Å². The van der Waals surface area contributed by atoms with Crippen molar-refractivity contribution in [3.63, 3.8) is 0 Å². The summed E-state index contributed by atoms with van der Waals surface area (Å²) in [4.78, 5) is 27.0. The molecule has 17 heavy (non-hydrogen) atoms. The third kappa shape index (κ3) is 3.56. The van der Waals surface area contributed by atoms with E-state index >= 15 is 0 Å². The highest BCUT2D eigenvalue weighted by atomic mass is 32.2. The van der Waals surface area contributed by atoms with Crippen LogP contribution in [-0.2, 0) is 4.79 Å². The smallest absolute Gasteiger partial charge is 0.253 e. The largest absolute Gasteiger partial charge is 0.342 e. The van der Waals surface area contributed by atoms with Crippen molar-refractivity contribution in [2.24, 2.45) is 0 Å². The number of aromatic nitrogens is 1. The fourth-order valence-electron chi connectivity index (χ4n) is 1.28. The summed E-state index contributed by atoms with van der Waals surface area (Å²) in [5, 5.41) is 3.53. The minimum Gasteiger partial charge on any atom is -0.342 e. The zero-order chi connectivity index (χ0) is 13.0. The van der Waals surface area contributed by atoms with Gasteiger partial charge in [0.05, 0.1) is 16.6 Å². The van der Waals surface area contributed by atoms with E-state index in [4.69, 9.17) is 0 Å². The van der Waals surface area contributed by atoms with E-state index in [0.717, 1.165) is 10.6 Å². The average Bonchev–Trinajstić information content (AvgIpc) is 2.28. The molecule has 1 atom stereocenters. The third-order valence-corrected chi connectivity index (χ3v) is 3.26. The molecule has 1 heterocycles. The first-order valence-corrected chi connectivity index (χ1v) is 6.50. The Labute approximate surface area is 105 Å². The van der Waals surface area contributed by atoms with Crippen molar-refractivity contribution < 1.29 is 9.59 Å². The first-order chi connectivity index (χ1) is 7.95. The number of rotatable bonds is 4. The van der Waals surface area contributed by atoms with Gasteiger partial charge in [-0.1, -0.05) is 0 Å². The fraction of sp³-hybridized carbons (Fsp3) is 0.417. The fourth-order valence-corrected chi connectivity index (χ4v) is 1.82. The van der Waals surface area contributed by atoms with Crippen LogP contribution in [0.1, 0.15) is 29.8 Å². The standard InChI is InChI=1S/C12H16N2O2S/c1-7-5-10(6-13-12(7)17-4)11(16)14-8(2)9(3)15/h5-6,8H,1-4H3,(H,14,16). The monoisotopic (exact) mass is 252 g/mol. The molecule has 0 fully saturated rings. The summed E-state index contributed by atoms with van der Waals surface area (Å²) in [6.45, 7) is 5.02. The molecule has 1 N–H and O–H groups in total. The molecular weight excluding hydrogens is 236 g/mol. The number of nitrogens with zero attached hydrogens (tertiary/aromatic N) is 1. The highest BCUT2D eigenvalue weighted by molar-refractivity contribution is 7.98. The lowest BCUT2D eigenvalue weighted by Crippen LogP contribution is -2.37. The number of aryl methyl sites for hydroxylation is 1. The number of Topliss-reactive ketones (excluding diaryl/α,β-unsaturated/α-hetero) is 1. The highest BCUT2D eigenvalue weighted by Gasteiger charge is 2.14. The molecule has 0 aliphatic heterocycles. The molecule has 0 aliphatic rings. The van der Waals surface area contributed by atoms with Crippen LogP contribution in [0, 0.1) is 6.92 Å². The van der Waals surface area contributed by atoms with E-state index in [-0.39, 0.29) is 11.7 Å². The molecule has 1 aromatic rings. The number of amides is 1. The summed E-state index contributed by atoms with van der Waals surface area (Å²) in [5.74, 6) is -0.334. The number of hydrogen-bond donors (Lipinski definition) is 1. The van der Waals surface area contributed by atoms with E-state index in [9.17, 15) is 9.59 Å². The van der Waals surface area contributed by atoms with Crippen LogP contribution in [0.2, 0.25) is 0 Å². The molecule has 1 unspecified atom stereocenters. The lowest BCUT2D eigenvalue weighted by atomic mass is 10.2. The zero-order valence-corrected chi connectivity index (χ0v) is 11.2. The van der Waals surface area contributed by atoms with Crippen LogP contribution >= 0.6 is 11.8 Å². The Morgan fingerprint density at radius 2 is 2.12 bits per heavy atom. The first kappa shape index (κ1) is 13.7. The third-order valence-electron chi connectivity index (χ3n) is 2.44. The van der Waals surface area contributed by atoms with Crippen LogP contribution in [0.25, 0.3) is 0 Å². The van der Waals surface area contributed by atoms with E-state index in [1.807, 2.05) is 13.2 Å². The Hall–Kier alpha value is -1.36. The van der Waals surface area contributed by atoms with Crippen molar-refractivity contribution in [3.05, 3.63) is 23.4 Å². The summed E-state index contributed by atoms with van der Waals surface area (Å²) >= 11 is 1.54. The molecule has 5 heteroatoms. The maximum absolute atomic E-state index is 11.8. The van der Waals surface area contributed by atoms with Crippen molar-refractivity contribution in [2.75, 3.05) is 6.26 Å². The topological polar surface area (TPSA) is 59.1 Å². The van der Waals surface area contributed by atoms with Gasteiger partial charge in [-0.15, -0.1) is 11.8 Å². The van der Waals surface area contributed by atoms with Gasteiger partial charge in [-0.2, -0.15) is 0 Å². The van der Waals surface area contributed by atoms with Crippen molar-refractivity contribution >= 4 is 23.5 Å². The molecule has 4 nitrogen and oxygen atoms in total. The van der Waals surface area contributed by atoms with Gasteiger partial charge in [0.1, 0.15) is 0 Å². The van der Waals surface area contributed by atoms with Crippen LogP contribution in [0.5, 0.6) is 0 Å². The second-order valence-corrected chi connectivity index (χ2v) is 4.65. The molecule has 0 bridgehead atoms. The lowest BCUT2D eigenvalue weighted by molar-refractivity contribution is -0.118. The number of pyridine rings is 1. The Morgan fingerprint density at radius 1 is 1.47 bits per heavy atom. The zero-order valence-electron chi connectivity index (χ0n) is 10.4. The molecule has 1 aromatic heterocycles. The molecule has 0 aliphatic carbocycles. The maximum atomic E-state index is 11.8. The summed E-state index contributed by atoms with van der Waals surface area (Å²) in [5.41, 5.74) is 1.44. The van der Waals surface area contributed by atoms with Gasteiger partial charge in [0.25, 0.3) is 5.91 Å². The van der Waals surface area contributed by atoms with Gasteiger partial charge in [-0.05, 0) is 38.7 Å². The number of carbonyl (C=O) groups is 2. The van der Waals surface area contributed by atoms with Crippen LogP contribution < -0.4 is 5.32 Å². The Bertz CT molecular complexity index is 446. The summed E-state index contributed by atoms with van der Waals surface area (Å²) in [7, 11) is 0. The molecular formula is C12H16N2O2S. The first-order valence-electron chi connectivity index (χ1n) is 5.27. The number of thioether (sulfide) groups is 1. The Morgan fingerprint density at radius 3 is 2.59 bits per heavy atom. The lowest BCUT2D eigenvalue weighted by Gasteiger charge is -2.11. The number of carbonyl (C=O) groups excluding carboxylic acids is 2. The second-order valence-electron chi connectivity index (χ2n) is 3.86. The Kier molecular flexibility index (Phi) is 4.69. The molecule has 1 amide bonds. The van der Waals surface area contributed by atoms with Crippen LogP contribution in [0.4, 0.5) is 0 Å². The quantitative estimate of drug-likeness (QED) is 0.830. The van der Waals surface area contributed by atoms with Crippen molar-refractivity contribution in [1.29, 1.82) is 0 Å². The van der Waals surface area contributed by atoms with Gasteiger partial charge in [0.15, 0.2) is 5.78 Å². The highest BCUT2D eigenvalue weighted by Crippen LogP contribution is 2.17. The van der Waals surface area contributed by atoms with Crippen LogP contribution in [0.15, 0.2) is 17.3 Å². The van der Waals surface area contributed by atoms with Crippen molar-refractivity contribution in [3.8, 4) is 0 Å². The predicted molar refractivity (Wildman–Crippen MR) is 68.4 cm³/mol. The average molecular weight is 252 g/mol. The van der Waals surface area contributed by atoms with Gasteiger partial charge < -0.3 is 5.32 Å². The summed E-state index contributed by atoms with van der Waals surface area (Å²) < 4.78 is 0. The molecule has 0 saturated heterocycles. The van der Waals surface area contributed by atoms with Crippen LogP contribution in [-0.4, -0.2) is 29.0 Å². The maximum Gasteiger partial charge on any atom is 0.253 e. The van der Waals surface area contributed by atoms with Gasteiger partial charge in [-0.3, -0.25) is 9.59 Å². The summed E-state index contributed by atoms with van der Waals surface area (Å²) in [6, 6.07) is 1.31. The van der Waals surface area contributed by atoms with Crippen LogP contribution in [0.3, 0.4) is 0 Å². The number of ketones is 1. The number of hydrogen-bond acceptors (Lipinski definition) is 4. The number of nitrogens with one attached hydrogen (secondary N) is 1. The van der Waals surface area contributed by atoms with Crippen molar-refractivity contribution in [1.82, 2.24) is 10.3 Å². The molecule has 0 aromatic carbocycles. The summed E-state index contributed by atoms with van der Waals surface area (Å²) in [6.07, 6.45) is 3.47. The van der Waals surface area contributed by atoms with Crippen molar-refractivity contribution in [2.45, 2.75) is 31.8 Å². The molecule has 0 saturated carbocycles. The Balaban J connectivity index is 2.83. The second kappa shape index (κ2) is 5.82. The minimum atomic E-state index is -0.469. The van der Waals surface area contributed by atoms with Gasteiger partial charge in [-0.25, -0.2) is 4.98 Å².